The minimum atomic E-state index is -3.80. The van der Waals surface area contributed by atoms with E-state index in [4.69, 9.17) is 0 Å². The first kappa shape index (κ1) is 23.6. The molecule has 8 heteroatoms. The number of nitrogens with one attached hydrogen (secondary N) is 3. The van der Waals surface area contributed by atoms with Crippen LogP contribution in [-0.2, 0) is 16.4 Å². The van der Waals surface area contributed by atoms with Crippen LogP contribution in [0.4, 0.5) is 11.4 Å². The van der Waals surface area contributed by atoms with Crippen LogP contribution in [0.3, 0.4) is 0 Å². The van der Waals surface area contributed by atoms with Crippen LogP contribution < -0.4 is 20.3 Å². The number of amides is 1. The molecule has 0 atom stereocenters. The van der Waals surface area contributed by atoms with Gasteiger partial charge in [-0.25, -0.2) is 8.42 Å². The van der Waals surface area contributed by atoms with Crippen molar-refractivity contribution < 1.29 is 13.2 Å². The fourth-order valence-corrected chi connectivity index (χ4v) is 5.67. The predicted octanol–water partition coefficient (Wildman–Crippen LogP) is 3.52. The lowest BCUT2D eigenvalue weighted by atomic mass is 10.1. The molecule has 1 aliphatic heterocycles. The topological polar surface area (TPSA) is 90.5 Å². The van der Waals surface area contributed by atoms with E-state index in [9.17, 15) is 13.2 Å². The number of hydrogen-bond acceptors (Lipinski definition) is 5. The van der Waals surface area contributed by atoms with Gasteiger partial charge in [-0.2, -0.15) is 0 Å². The highest BCUT2D eigenvalue weighted by molar-refractivity contribution is 7.92. The first-order chi connectivity index (χ1) is 16.0. The fourth-order valence-electron chi connectivity index (χ4n) is 4.61. The number of carbonyl (C=O) groups is 1. The first-order valence-electron chi connectivity index (χ1n) is 12.0. The van der Waals surface area contributed by atoms with E-state index >= 15 is 0 Å². The SMILES string of the molecule is CCCc1ccc(S(=O)(=O)Nc2cc(C(=O)NC3CCCC3)ccc2N2CCNCC2)cc1. The van der Waals surface area contributed by atoms with Gasteiger partial charge in [0.05, 0.1) is 16.3 Å². The van der Waals surface area contributed by atoms with Crippen molar-refractivity contribution in [2.75, 3.05) is 35.8 Å². The van der Waals surface area contributed by atoms with Crippen LogP contribution in [0.1, 0.15) is 54.9 Å². The molecule has 0 radical (unpaired) electrons. The highest BCUT2D eigenvalue weighted by Crippen LogP contribution is 2.30. The molecule has 4 rings (SSSR count). The number of carbonyl (C=O) groups excluding carboxylic acids is 1. The van der Waals surface area contributed by atoms with Crippen LogP contribution in [-0.4, -0.2) is 46.5 Å². The minimum Gasteiger partial charge on any atom is -0.367 e. The molecule has 2 aromatic carbocycles. The minimum absolute atomic E-state index is 0.155. The Balaban J connectivity index is 1.61. The fraction of sp³-hybridized carbons (Fsp3) is 0.480. The summed E-state index contributed by atoms with van der Waals surface area (Å²) in [5.74, 6) is -0.155. The standard InChI is InChI=1S/C25H34N4O3S/c1-2-5-19-8-11-22(12-9-19)33(31,32)28-23-18-20(25(30)27-21-6-3-4-7-21)10-13-24(23)29-16-14-26-15-17-29/h8-13,18,21,26,28H,2-7,14-17H2,1H3,(H,27,30). The first-order valence-corrected chi connectivity index (χ1v) is 13.5. The molecule has 1 amide bonds. The van der Waals surface area contributed by atoms with Crippen LogP contribution >= 0.6 is 0 Å². The number of piperazine rings is 1. The van der Waals surface area contributed by atoms with Crippen LogP contribution in [0.2, 0.25) is 0 Å². The van der Waals surface area contributed by atoms with Gasteiger partial charge in [0.1, 0.15) is 0 Å². The maximum absolute atomic E-state index is 13.2. The number of nitrogens with zero attached hydrogens (tertiary/aromatic N) is 1. The highest BCUT2D eigenvalue weighted by Gasteiger charge is 2.23. The molecule has 2 aliphatic rings. The Hall–Kier alpha value is -2.58. The number of rotatable bonds is 8. The van der Waals surface area contributed by atoms with Gasteiger partial charge >= 0.3 is 0 Å². The number of benzene rings is 2. The zero-order valence-electron chi connectivity index (χ0n) is 19.3. The maximum Gasteiger partial charge on any atom is 0.261 e. The summed E-state index contributed by atoms with van der Waals surface area (Å²) in [6.07, 6.45) is 6.19. The van der Waals surface area contributed by atoms with Crippen molar-refractivity contribution in [2.45, 2.75) is 56.4 Å². The van der Waals surface area contributed by atoms with Crippen LogP contribution in [0.25, 0.3) is 0 Å². The molecule has 2 fully saturated rings. The van der Waals surface area contributed by atoms with E-state index in [0.717, 1.165) is 76.0 Å². The van der Waals surface area contributed by atoms with Crippen molar-refractivity contribution in [3.05, 3.63) is 53.6 Å². The molecule has 1 aliphatic carbocycles. The van der Waals surface area contributed by atoms with E-state index in [1.54, 1.807) is 24.3 Å². The Kier molecular flexibility index (Phi) is 7.55. The summed E-state index contributed by atoms with van der Waals surface area (Å²) in [6.45, 7) is 5.30. The van der Waals surface area contributed by atoms with Crippen molar-refractivity contribution in [3.63, 3.8) is 0 Å². The molecule has 2 aromatic rings. The van der Waals surface area contributed by atoms with Crippen LogP contribution in [0.15, 0.2) is 47.4 Å². The van der Waals surface area contributed by atoms with Gasteiger partial charge in [0.25, 0.3) is 15.9 Å². The van der Waals surface area contributed by atoms with E-state index in [2.05, 4.69) is 27.2 Å². The molecule has 7 nitrogen and oxygen atoms in total. The van der Waals surface area contributed by atoms with Gasteiger partial charge in [-0.3, -0.25) is 9.52 Å². The summed E-state index contributed by atoms with van der Waals surface area (Å²) in [5, 5.41) is 6.41. The summed E-state index contributed by atoms with van der Waals surface area (Å²) in [4.78, 5) is 15.2. The lowest BCUT2D eigenvalue weighted by molar-refractivity contribution is 0.0938. The van der Waals surface area contributed by atoms with Gasteiger partial charge in [-0.15, -0.1) is 0 Å². The molecule has 0 aromatic heterocycles. The molecule has 1 heterocycles. The van der Waals surface area contributed by atoms with Gasteiger partial charge in [-0.1, -0.05) is 38.3 Å². The number of sulfonamides is 1. The molecular formula is C25H34N4O3S. The summed E-state index contributed by atoms with van der Waals surface area (Å²) < 4.78 is 29.2. The van der Waals surface area contributed by atoms with Crippen molar-refractivity contribution in [1.82, 2.24) is 10.6 Å². The quantitative estimate of drug-likeness (QED) is 0.549. The zero-order valence-corrected chi connectivity index (χ0v) is 20.1. The Labute approximate surface area is 197 Å². The van der Waals surface area contributed by atoms with Crippen molar-refractivity contribution >= 4 is 27.3 Å². The van der Waals surface area contributed by atoms with E-state index in [-0.39, 0.29) is 16.8 Å². The Morgan fingerprint density at radius 1 is 1.06 bits per heavy atom. The zero-order chi connectivity index (χ0) is 23.3. The molecule has 178 valence electrons. The third-order valence-electron chi connectivity index (χ3n) is 6.42. The maximum atomic E-state index is 13.2. The summed E-state index contributed by atoms with van der Waals surface area (Å²) in [7, 11) is -3.80. The summed E-state index contributed by atoms with van der Waals surface area (Å²) in [5.41, 5.74) is 2.81. The van der Waals surface area contributed by atoms with Crippen LogP contribution in [0, 0.1) is 0 Å². The smallest absolute Gasteiger partial charge is 0.261 e. The van der Waals surface area contributed by atoms with Gasteiger partial charge < -0.3 is 15.5 Å². The van der Waals surface area contributed by atoms with Crippen LogP contribution in [0.5, 0.6) is 0 Å². The molecule has 1 saturated heterocycles. The summed E-state index contributed by atoms with van der Waals surface area (Å²) >= 11 is 0. The summed E-state index contributed by atoms with van der Waals surface area (Å²) in [6, 6.07) is 12.5. The third-order valence-corrected chi connectivity index (χ3v) is 7.80. The third kappa shape index (κ3) is 5.86. The monoisotopic (exact) mass is 470 g/mol. The number of anilines is 2. The van der Waals surface area contributed by atoms with Gasteiger partial charge in [0, 0.05) is 37.8 Å². The molecule has 0 unspecified atom stereocenters. The molecule has 3 N–H and O–H groups in total. The average molecular weight is 471 g/mol. The second kappa shape index (κ2) is 10.6. The Bertz CT molecular complexity index is 1060. The molecular weight excluding hydrogens is 436 g/mol. The Morgan fingerprint density at radius 2 is 1.76 bits per heavy atom. The van der Waals surface area contributed by atoms with E-state index in [1.807, 2.05) is 18.2 Å². The lowest BCUT2D eigenvalue weighted by Crippen LogP contribution is -2.43. The molecule has 0 bridgehead atoms. The molecule has 33 heavy (non-hydrogen) atoms. The Morgan fingerprint density at radius 3 is 2.42 bits per heavy atom. The van der Waals surface area contributed by atoms with Crippen molar-refractivity contribution in [2.24, 2.45) is 0 Å². The average Bonchev–Trinajstić information content (AvgIpc) is 3.33. The second-order valence-electron chi connectivity index (χ2n) is 8.92. The highest BCUT2D eigenvalue weighted by atomic mass is 32.2. The molecule has 1 saturated carbocycles. The second-order valence-corrected chi connectivity index (χ2v) is 10.6. The van der Waals surface area contributed by atoms with Gasteiger partial charge in [-0.05, 0) is 55.2 Å². The normalized spacial score (nSPS) is 17.2. The van der Waals surface area contributed by atoms with E-state index in [1.165, 1.54) is 0 Å². The number of hydrogen-bond donors (Lipinski definition) is 3. The van der Waals surface area contributed by atoms with Gasteiger partial charge in [0.2, 0.25) is 0 Å². The van der Waals surface area contributed by atoms with E-state index in [0.29, 0.717) is 11.3 Å². The van der Waals surface area contributed by atoms with Crippen molar-refractivity contribution in [3.8, 4) is 0 Å². The molecule has 0 spiro atoms. The van der Waals surface area contributed by atoms with Gasteiger partial charge in [0.15, 0.2) is 0 Å². The van der Waals surface area contributed by atoms with Crippen molar-refractivity contribution in [1.29, 1.82) is 0 Å². The van der Waals surface area contributed by atoms with E-state index < -0.39 is 10.0 Å². The lowest BCUT2D eigenvalue weighted by Gasteiger charge is -2.31. The predicted molar refractivity (Wildman–Crippen MR) is 132 cm³/mol. The largest absolute Gasteiger partial charge is 0.367 e. The number of aryl methyl sites for hydroxylation is 1.